The van der Waals surface area contributed by atoms with Gasteiger partial charge in [-0.15, -0.1) is 0 Å². The van der Waals surface area contributed by atoms with Gasteiger partial charge in [0.05, 0.1) is 0 Å². The summed E-state index contributed by atoms with van der Waals surface area (Å²) in [5.74, 6) is 1.99. The van der Waals surface area contributed by atoms with Crippen LogP contribution in [0, 0.1) is 0 Å². The Balaban J connectivity index is 2.22. The van der Waals surface area contributed by atoms with Gasteiger partial charge in [0.15, 0.2) is 0 Å². The maximum Gasteiger partial charge on any atom is 0.224 e. The van der Waals surface area contributed by atoms with Gasteiger partial charge >= 0.3 is 0 Å². The van der Waals surface area contributed by atoms with Crippen molar-refractivity contribution in [3.05, 3.63) is 46.9 Å². The first-order valence-electron chi connectivity index (χ1n) is 6.51. The molecule has 3 nitrogen and oxygen atoms in total. The Morgan fingerprint density at radius 3 is 2.74 bits per heavy atom. The van der Waals surface area contributed by atoms with Crippen LogP contribution < -0.4 is 4.74 Å². The van der Waals surface area contributed by atoms with Crippen molar-refractivity contribution in [2.45, 2.75) is 33.1 Å². The Labute approximate surface area is 118 Å². The molecular formula is C15H17ClN2O. The van der Waals surface area contributed by atoms with Gasteiger partial charge in [0.25, 0.3) is 0 Å². The molecule has 0 saturated heterocycles. The minimum atomic E-state index is 0.417. The summed E-state index contributed by atoms with van der Waals surface area (Å²) in [6.45, 7) is 4.19. The molecule has 1 heterocycles. The van der Waals surface area contributed by atoms with Crippen LogP contribution in [0.2, 0.25) is 5.15 Å². The molecule has 0 saturated carbocycles. The first-order chi connectivity index (χ1) is 9.21. The molecule has 0 bridgehead atoms. The molecular weight excluding hydrogens is 260 g/mol. The van der Waals surface area contributed by atoms with Gasteiger partial charge in [-0.3, -0.25) is 0 Å². The zero-order valence-corrected chi connectivity index (χ0v) is 11.9. The van der Waals surface area contributed by atoms with Gasteiger partial charge in [-0.25, -0.2) is 4.98 Å². The fourth-order valence-corrected chi connectivity index (χ4v) is 1.97. The lowest BCUT2D eigenvalue weighted by molar-refractivity contribution is 0.457. The van der Waals surface area contributed by atoms with E-state index in [9.17, 15) is 0 Å². The summed E-state index contributed by atoms with van der Waals surface area (Å²) in [5.41, 5.74) is 1.23. The van der Waals surface area contributed by atoms with Crippen molar-refractivity contribution in [1.82, 2.24) is 9.97 Å². The number of benzene rings is 1. The largest absolute Gasteiger partial charge is 0.439 e. The van der Waals surface area contributed by atoms with E-state index in [0.29, 0.717) is 11.0 Å². The van der Waals surface area contributed by atoms with Crippen molar-refractivity contribution in [2.24, 2.45) is 0 Å². The Morgan fingerprint density at radius 2 is 2.00 bits per heavy atom. The zero-order valence-electron chi connectivity index (χ0n) is 11.2. The van der Waals surface area contributed by atoms with Gasteiger partial charge in [-0.2, -0.15) is 4.98 Å². The number of nitrogens with zero attached hydrogens (tertiary/aromatic N) is 2. The van der Waals surface area contributed by atoms with Crippen molar-refractivity contribution >= 4 is 11.6 Å². The summed E-state index contributed by atoms with van der Waals surface area (Å²) in [6.07, 6.45) is 2.75. The first kappa shape index (κ1) is 13.8. The van der Waals surface area contributed by atoms with Crippen LogP contribution in [0.15, 0.2) is 30.3 Å². The second-order valence-electron chi connectivity index (χ2n) is 4.30. The number of halogens is 1. The highest BCUT2D eigenvalue weighted by atomic mass is 35.5. The molecule has 0 spiro atoms. The molecule has 0 aliphatic rings. The highest BCUT2D eigenvalue weighted by Gasteiger charge is 2.05. The third-order valence-electron chi connectivity index (χ3n) is 2.72. The number of ether oxygens (including phenoxy) is 1. The number of aryl methyl sites for hydroxylation is 2. The Kier molecular flexibility index (Phi) is 4.74. The first-order valence-corrected chi connectivity index (χ1v) is 6.89. The number of hydrogen-bond acceptors (Lipinski definition) is 3. The van der Waals surface area contributed by atoms with Gasteiger partial charge in [-0.05, 0) is 30.5 Å². The van der Waals surface area contributed by atoms with E-state index in [1.807, 2.05) is 18.2 Å². The molecule has 100 valence electrons. The minimum Gasteiger partial charge on any atom is -0.439 e. The fraction of sp³-hybridized carbons (Fsp3) is 0.333. The molecule has 0 fully saturated rings. The van der Waals surface area contributed by atoms with Crippen LogP contribution in [0.1, 0.15) is 31.7 Å². The van der Waals surface area contributed by atoms with E-state index in [0.717, 1.165) is 30.8 Å². The van der Waals surface area contributed by atoms with Crippen LogP contribution in [0.3, 0.4) is 0 Å². The topological polar surface area (TPSA) is 35.0 Å². The molecule has 0 aliphatic carbocycles. The van der Waals surface area contributed by atoms with Crippen molar-refractivity contribution in [3.8, 4) is 11.6 Å². The second kappa shape index (κ2) is 6.53. The van der Waals surface area contributed by atoms with E-state index >= 15 is 0 Å². The van der Waals surface area contributed by atoms with E-state index in [1.165, 1.54) is 5.56 Å². The Morgan fingerprint density at radius 1 is 1.16 bits per heavy atom. The third kappa shape index (κ3) is 3.93. The maximum atomic E-state index is 5.98. The van der Waals surface area contributed by atoms with E-state index < -0.39 is 0 Å². The van der Waals surface area contributed by atoms with Crippen LogP contribution >= 0.6 is 11.6 Å². The maximum absolute atomic E-state index is 5.98. The predicted molar refractivity (Wildman–Crippen MR) is 76.9 cm³/mol. The normalized spacial score (nSPS) is 10.5. The number of hydrogen-bond donors (Lipinski definition) is 0. The SMILES string of the molecule is CCCc1nc(Cl)cc(Oc2cccc(CC)c2)n1. The minimum absolute atomic E-state index is 0.417. The lowest BCUT2D eigenvalue weighted by Gasteiger charge is -2.07. The summed E-state index contributed by atoms with van der Waals surface area (Å²) in [7, 11) is 0. The zero-order chi connectivity index (χ0) is 13.7. The van der Waals surface area contributed by atoms with Crippen molar-refractivity contribution in [1.29, 1.82) is 0 Å². The monoisotopic (exact) mass is 276 g/mol. The van der Waals surface area contributed by atoms with Crippen molar-refractivity contribution in [2.75, 3.05) is 0 Å². The quantitative estimate of drug-likeness (QED) is 0.758. The lowest BCUT2D eigenvalue weighted by Crippen LogP contribution is -1.97. The Hall–Kier alpha value is -1.61. The van der Waals surface area contributed by atoms with Crippen LogP contribution in [-0.2, 0) is 12.8 Å². The van der Waals surface area contributed by atoms with Gasteiger partial charge < -0.3 is 4.74 Å². The smallest absolute Gasteiger partial charge is 0.224 e. The van der Waals surface area contributed by atoms with Gasteiger partial charge in [0.1, 0.15) is 16.7 Å². The third-order valence-corrected chi connectivity index (χ3v) is 2.91. The van der Waals surface area contributed by atoms with Gasteiger partial charge in [0.2, 0.25) is 5.88 Å². The Bertz CT molecular complexity index is 558. The molecule has 2 rings (SSSR count). The van der Waals surface area contributed by atoms with Crippen LogP contribution in [0.4, 0.5) is 0 Å². The van der Waals surface area contributed by atoms with Crippen LogP contribution in [0.25, 0.3) is 0 Å². The predicted octanol–water partition coefficient (Wildman–Crippen LogP) is 4.44. The molecule has 0 aliphatic heterocycles. The molecule has 0 unspecified atom stereocenters. The fourth-order valence-electron chi connectivity index (χ4n) is 1.78. The highest BCUT2D eigenvalue weighted by molar-refractivity contribution is 6.29. The average molecular weight is 277 g/mol. The molecule has 0 amide bonds. The second-order valence-corrected chi connectivity index (χ2v) is 4.69. The molecule has 2 aromatic rings. The summed E-state index contributed by atoms with van der Waals surface area (Å²) in [5, 5.41) is 0.417. The molecule has 0 atom stereocenters. The van der Waals surface area contributed by atoms with E-state index in [-0.39, 0.29) is 0 Å². The summed E-state index contributed by atoms with van der Waals surface area (Å²) in [6, 6.07) is 9.61. The molecule has 0 N–H and O–H groups in total. The van der Waals surface area contributed by atoms with Crippen molar-refractivity contribution < 1.29 is 4.74 Å². The highest BCUT2D eigenvalue weighted by Crippen LogP contribution is 2.23. The lowest BCUT2D eigenvalue weighted by atomic mass is 10.2. The summed E-state index contributed by atoms with van der Waals surface area (Å²) >= 11 is 5.98. The summed E-state index contributed by atoms with van der Waals surface area (Å²) < 4.78 is 5.75. The van der Waals surface area contributed by atoms with E-state index in [2.05, 4.69) is 29.9 Å². The molecule has 1 aromatic carbocycles. The summed E-state index contributed by atoms with van der Waals surface area (Å²) in [4.78, 5) is 8.53. The van der Waals surface area contributed by atoms with E-state index in [4.69, 9.17) is 16.3 Å². The molecule has 19 heavy (non-hydrogen) atoms. The molecule has 0 radical (unpaired) electrons. The van der Waals surface area contributed by atoms with Crippen LogP contribution in [0.5, 0.6) is 11.6 Å². The number of aromatic nitrogens is 2. The van der Waals surface area contributed by atoms with Gasteiger partial charge in [-0.1, -0.05) is 37.6 Å². The average Bonchev–Trinajstić information content (AvgIpc) is 2.38. The molecule has 1 aromatic heterocycles. The van der Waals surface area contributed by atoms with Gasteiger partial charge in [0, 0.05) is 12.5 Å². The molecule has 4 heteroatoms. The number of rotatable bonds is 5. The van der Waals surface area contributed by atoms with Crippen LogP contribution in [-0.4, -0.2) is 9.97 Å². The van der Waals surface area contributed by atoms with Crippen molar-refractivity contribution in [3.63, 3.8) is 0 Å². The standard InChI is InChI=1S/C15H17ClN2O/c1-3-6-14-17-13(16)10-15(18-14)19-12-8-5-7-11(4-2)9-12/h5,7-10H,3-4,6H2,1-2H3. The van der Waals surface area contributed by atoms with E-state index in [1.54, 1.807) is 6.07 Å².